The highest BCUT2D eigenvalue weighted by Crippen LogP contribution is 2.29. The third kappa shape index (κ3) is 3.11. The van der Waals surface area contributed by atoms with Crippen molar-refractivity contribution in [1.29, 1.82) is 0 Å². The number of nitrogens with zero attached hydrogens (tertiary/aromatic N) is 2. The Morgan fingerprint density at radius 1 is 1.13 bits per heavy atom. The molecule has 2 aromatic rings. The lowest BCUT2D eigenvalue weighted by Crippen LogP contribution is -2.35. The molecule has 1 aliphatic rings. The Balaban J connectivity index is 1.84. The van der Waals surface area contributed by atoms with E-state index < -0.39 is 0 Å². The number of likely N-dealkylation sites (N-methyl/N-ethyl adjacent to an activating group) is 1. The number of amides is 2. The molecule has 0 aliphatic carbocycles. The normalized spacial score (nSPS) is 17.7. The SMILES string of the molecule is Cc1cccc(CC(=O)N2CC(=O)N(C)C2c2ccccc2)c1. The largest absolute Gasteiger partial charge is 0.320 e. The van der Waals surface area contributed by atoms with Crippen LogP contribution in [0.1, 0.15) is 22.9 Å². The van der Waals surface area contributed by atoms with Gasteiger partial charge in [0.2, 0.25) is 11.8 Å². The fourth-order valence-electron chi connectivity index (χ4n) is 3.04. The molecule has 1 heterocycles. The van der Waals surface area contributed by atoms with Gasteiger partial charge in [0.25, 0.3) is 0 Å². The molecular formula is C19H20N2O2. The van der Waals surface area contributed by atoms with Gasteiger partial charge in [0.1, 0.15) is 12.7 Å². The Labute approximate surface area is 136 Å². The van der Waals surface area contributed by atoms with Gasteiger partial charge in [0, 0.05) is 7.05 Å². The molecule has 4 nitrogen and oxygen atoms in total. The van der Waals surface area contributed by atoms with E-state index in [0.29, 0.717) is 6.42 Å². The quantitative estimate of drug-likeness (QED) is 0.874. The van der Waals surface area contributed by atoms with E-state index in [-0.39, 0.29) is 24.5 Å². The minimum atomic E-state index is -0.319. The molecule has 1 unspecified atom stereocenters. The average Bonchev–Trinajstić information content (AvgIpc) is 2.84. The summed E-state index contributed by atoms with van der Waals surface area (Å²) in [6.07, 6.45) is -0.00687. The Kier molecular flexibility index (Phi) is 4.15. The maximum Gasteiger partial charge on any atom is 0.243 e. The summed E-state index contributed by atoms with van der Waals surface area (Å²) in [7, 11) is 1.75. The minimum Gasteiger partial charge on any atom is -0.320 e. The fraction of sp³-hybridized carbons (Fsp3) is 0.263. The van der Waals surface area contributed by atoms with Crippen LogP contribution in [-0.2, 0) is 16.0 Å². The molecule has 1 fully saturated rings. The van der Waals surface area contributed by atoms with Gasteiger partial charge in [-0.2, -0.15) is 0 Å². The highest BCUT2D eigenvalue weighted by Gasteiger charge is 2.38. The molecule has 1 atom stereocenters. The maximum absolute atomic E-state index is 12.7. The summed E-state index contributed by atoms with van der Waals surface area (Å²) >= 11 is 0. The molecule has 2 amide bonds. The number of rotatable bonds is 3. The van der Waals surface area contributed by atoms with Crippen molar-refractivity contribution in [2.75, 3.05) is 13.6 Å². The molecule has 0 spiro atoms. The first-order chi connectivity index (χ1) is 11.1. The summed E-state index contributed by atoms with van der Waals surface area (Å²) < 4.78 is 0. The molecule has 4 heteroatoms. The predicted octanol–water partition coefficient (Wildman–Crippen LogP) is 2.54. The van der Waals surface area contributed by atoms with Crippen LogP contribution in [0.2, 0.25) is 0 Å². The lowest BCUT2D eigenvalue weighted by atomic mass is 10.1. The highest BCUT2D eigenvalue weighted by molar-refractivity contribution is 5.89. The number of benzene rings is 2. The molecule has 1 aliphatic heterocycles. The van der Waals surface area contributed by atoms with Crippen molar-refractivity contribution in [3.8, 4) is 0 Å². The first kappa shape index (κ1) is 15.3. The van der Waals surface area contributed by atoms with Gasteiger partial charge in [0.05, 0.1) is 6.42 Å². The van der Waals surface area contributed by atoms with E-state index in [1.54, 1.807) is 16.8 Å². The molecule has 0 N–H and O–H groups in total. The van der Waals surface area contributed by atoms with Crippen LogP contribution in [0.3, 0.4) is 0 Å². The van der Waals surface area contributed by atoms with Gasteiger partial charge in [-0.25, -0.2) is 0 Å². The predicted molar refractivity (Wildman–Crippen MR) is 88.5 cm³/mol. The third-order valence-electron chi connectivity index (χ3n) is 4.22. The topological polar surface area (TPSA) is 40.6 Å². The minimum absolute atomic E-state index is 0.0258. The van der Waals surface area contributed by atoms with Crippen LogP contribution >= 0.6 is 0 Å². The lowest BCUT2D eigenvalue weighted by molar-refractivity contribution is -0.132. The summed E-state index contributed by atoms with van der Waals surface area (Å²) in [5.41, 5.74) is 3.06. The zero-order chi connectivity index (χ0) is 16.4. The van der Waals surface area contributed by atoms with E-state index >= 15 is 0 Å². The van der Waals surface area contributed by atoms with Crippen LogP contribution in [0.5, 0.6) is 0 Å². The maximum atomic E-state index is 12.7. The second-order valence-electron chi connectivity index (χ2n) is 5.98. The van der Waals surface area contributed by atoms with Crippen molar-refractivity contribution in [2.45, 2.75) is 19.5 Å². The molecule has 0 saturated carbocycles. The molecule has 0 bridgehead atoms. The van der Waals surface area contributed by atoms with Crippen LogP contribution in [-0.4, -0.2) is 35.2 Å². The number of carbonyl (C=O) groups is 2. The summed E-state index contributed by atoms with van der Waals surface area (Å²) in [6.45, 7) is 2.15. The van der Waals surface area contributed by atoms with Crippen molar-refractivity contribution >= 4 is 11.8 Å². The van der Waals surface area contributed by atoms with Crippen molar-refractivity contribution in [1.82, 2.24) is 9.80 Å². The Morgan fingerprint density at radius 2 is 1.87 bits per heavy atom. The molecule has 0 radical (unpaired) electrons. The molecule has 3 rings (SSSR count). The van der Waals surface area contributed by atoms with E-state index in [1.807, 2.05) is 61.5 Å². The Morgan fingerprint density at radius 3 is 2.57 bits per heavy atom. The highest BCUT2D eigenvalue weighted by atomic mass is 16.2. The first-order valence-corrected chi connectivity index (χ1v) is 7.72. The summed E-state index contributed by atoms with van der Waals surface area (Å²) in [6, 6.07) is 17.6. The lowest BCUT2D eigenvalue weighted by Gasteiger charge is -2.28. The van der Waals surface area contributed by atoms with Crippen LogP contribution in [0, 0.1) is 6.92 Å². The third-order valence-corrected chi connectivity index (χ3v) is 4.22. The van der Waals surface area contributed by atoms with Gasteiger partial charge in [-0.3, -0.25) is 9.59 Å². The monoisotopic (exact) mass is 308 g/mol. The second kappa shape index (κ2) is 6.24. The average molecular weight is 308 g/mol. The van der Waals surface area contributed by atoms with Crippen molar-refractivity contribution in [2.24, 2.45) is 0 Å². The van der Waals surface area contributed by atoms with Gasteiger partial charge < -0.3 is 9.80 Å². The number of carbonyl (C=O) groups excluding carboxylic acids is 2. The van der Waals surface area contributed by atoms with E-state index in [1.165, 1.54) is 0 Å². The van der Waals surface area contributed by atoms with E-state index in [4.69, 9.17) is 0 Å². The molecule has 0 aromatic heterocycles. The van der Waals surface area contributed by atoms with Gasteiger partial charge in [-0.1, -0.05) is 60.2 Å². The first-order valence-electron chi connectivity index (χ1n) is 7.72. The molecule has 23 heavy (non-hydrogen) atoms. The van der Waals surface area contributed by atoms with Crippen molar-refractivity contribution in [3.05, 3.63) is 71.3 Å². The zero-order valence-corrected chi connectivity index (χ0v) is 13.4. The standard InChI is InChI=1S/C19H20N2O2/c1-14-7-6-8-15(11-14)12-17(22)21-13-18(23)20(2)19(21)16-9-4-3-5-10-16/h3-11,19H,12-13H2,1-2H3. The Hall–Kier alpha value is -2.62. The Bertz CT molecular complexity index is 727. The summed E-state index contributed by atoms with van der Waals surface area (Å²) in [4.78, 5) is 28.2. The fourth-order valence-corrected chi connectivity index (χ4v) is 3.04. The number of hydrogen-bond donors (Lipinski definition) is 0. The van der Waals surface area contributed by atoms with E-state index in [0.717, 1.165) is 16.7 Å². The van der Waals surface area contributed by atoms with Gasteiger partial charge >= 0.3 is 0 Å². The number of hydrogen-bond acceptors (Lipinski definition) is 2. The van der Waals surface area contributed by atoms with Gasteiger partial charge in [0.15, 0.2) is 0 Å². The van der Waals surface area contributed by atoms with E-state index in [9.17, 15) is 9.59 Å². The summed E-state index contributed by atoms with van der Waals surface area (Å²) in [5, 5.41) is 0. The van der Waals surface area contributed by atoms with Crippen LogP contribution < -0.4 is 0 Å². The van der Waals surface area contributed by atoms with Crippen LogP contribution in [0.4, 0.5) is 0 Å². The van der Waals surface area contributed by atoms with Crippen LogP contribution in [0.25, 0.3) is 0 Å². The molecule has 118 valence electrons. The van der Waals surface area contributed by atoms with Crippen molar-refractivity contribution < 1.29 is 9.59 Å². The van der Waals surface area contributed by atoms with Crippen LogP contribution in [0.15, 0.2) is 54.6 Å². The van der Waals surface area contributed by atoms with E-state index in [2.05, 4.69) is 0 Å². The van der Waals surface area contributed by atoms with Gasteiger partial charge in [-0.05, 0) is 18.1 Å². The number of aryl methyl sites for hydroxylation is 1. The molecule has 1 saturated heterocycles. The summed E-state index contributed by atoms with van der Waals surface area (Å²) in [5.74, 6) is -0.0569. The van der Waals surface area contributed by atoms with Gasteiger partial charge in [-0.15, -0.1) is 0 Å². The smallest absolute Gasteiger partial charge is 0.243 e. The molecular weight excluding hydrogens is 288 g/mol. The zero-order valence-electron chi connectivity index (χ0n) is 13.4. The van der Waals surface area contributed by atoms with Crippen molar-refractivity contribution in [3.63, 3.8) is 0 Å². The second-order valence-corrected chi connectivity index (χ2v) is 5.98. The molecule has 2 aromatic carbocycles.